The van der Waals surface area contributed by atoms with Crippen molar-refractivity contribution < 1.29 is 23.9 Å². The fraction of sp³-hybridized carbons (Fsp3) is 0.370. The number of carbonyl (C=O) groups excluding carboxylic acids is 3. The number of anilines is 1. The van der Waals surface area contributed by atoms with Crippen LogP contribution in [-0.4, -0.2) is 60.9 Å². The lowest BCUT2D eigenvalue weighted by atomic mass is 9.86. The first-order chi connectivity index (χ1) is 16.6. The summed E-state index contributed by atoms with van der Waals surface area (Å²) in [6.07, 6.45) is 5.60. The van der Waals surface area contributed by atoms with Gasteiger partial charge in [0.05, 0.1) is 37.6 Å². The number of methoxy groups -OCH3 is 1. The van der Waals surface area contributed by atoms with Crippen LogP contribution in [0, 0.1) is 11.8 Å². The van der Waals surface area contributed by atoms with Crippen LogP contribution >= 0.6 is 0 Å². The number of carbonyl (C=O) groups is 3. The van der Waals surface area contributed by atoms with E-state index in [1.54, 1.807) is 31.4 Å². The molecule has 0 saturated carbocycles. The van der Waals surface area contributed by atoms with Crippen molar-refractivity contribution in [3.8, 4) is 5.75 Å². The summed E-state index contributed by atoms with van der Waals surface area (Å²) in [6, 6.07) is 13.7. The van der Waals surface area contributed by atoms with E-state index >= 15 is 0 Å². The van der Waals surface area contributed by atoms with Crippen LogP contribution < -0.4 is 9.64 Å². The molecule has 4 heterocycles. The Hall–Kier alpha value is -3.45. The van der Waals surface area contributed by atoms with Crippen LogP contribution in [0.4, 0.5) is 5.69 Å². The van der Waals surface area contributed by atoms with Crippen LogP contribution in [0.2, 0.25) is 0 Å². The van der Waals surface area contributed by atoms with Crippen LogP contribution in [0.25, 0.3) is 6.08 Å². The number of para-hydroxylation sites is 1. The fourth-order valence-corrected chi connectivity index (χ4v) is 5.99. The minimum atomic E-state index is -0.779. The van der Waals surface area contributed by atoms with Crippen molar-refractivity contribution in [2.45, 2.75) is 31.0 Å². The molecule has 174 valence electrons. The fourth-order valence-electron chi connectivity index (χ4n) is 5.99. The number of fused-ring (bicyclic) bond motifs is 5. The summed E-state index contributed by atoms with van der Waals surface area (Å²) in [7, 11) is 1.55. The van der Waals surface area contributed by atoms with Crippen molar-refractivity contribution >= 4 is 29.4 Å². The second-order valence-corrected chi connectivity index (χ2v) is 9.33. The number of ketones is 1. The Morgan fingerprint density at radius 1 is 1.09 bits per heavy atom. The zero-order valence-electron chi connectivity index (χ0n) is 18.9. The topological polar surface area (TPSA) is 76.1 Å². The molecule has 34 heavy (non-hydrogen) atoms. The van der Waals surface area contributed by atoms with Gasteiger partial charge in [0, 0.05) is 17.9 Å². The highest BCUT2D eigenvalue weighted by Gasteiger charge is 2.64. The first kappa shape index (κ1) is 21.1. The summed E-state index contributed by atoms with van der Waals surface area (Å²) < 4.78 is 11.0. The molecule has 2 aromatic rings. The Morgan fingerprint density at radius 2 is 1.91 bits per heavy atom. The molecule has 5 atom stereocenters. The molecule has 0 radical (unpaired) electrons. The minimum absolute atomic E-state index is 0.127. The zero-order valence-corrected chi connectivity index (χ0v) is 18.9. The zero-order chi connectivity index (χ0) is 23.4. The molecule has 0 N–H and O–H groups in total. The number of hydrogen-bond acceptors (Lipinski definition) is 6. The van der Waals surface area contributed by atoms with Gasteiger partial charge < -0.3 is 14.4 Å². The standard InChI is InChI=1S/C27H26N2O5/c1-33-18-8-4-7-17(14-18)25(30)24-23-22(21-12-11-16-6-2-3-10-20(16)29(21)24)26(31)28(27(23)32)15-19-9-5-13-34-19/h2-4,6-8,10-12,14,19,21-24H,5,9,13,15H2,1H3/t19-,21+,22+,23-,24+/m0/s1. The van der Waals surface area contributed by atoms with Crippen LogP contribution in [0.3, 0.4) is 0 Å². The molecule has 0 bridgehead atoms. The lowest BCUT2D eigenvalue weighted by molar-refractivity contribution is -0.142. The molecule has 0 aromatic heterocycles. The van der Waals surface area contributed by atoms with E-state index in [1.165, 1.54) is 4.90 Å². The third-order valence-electron chi connectivity index (χ3n) is 7.54. The van der Waals surface area contributed by atoms with Gasteiger partial charge in [-0.3, -0.25) is 19.3 Å². The van der Waals surface area contributed by atoms with Crippen LogP contribution in [0.5, 0.6) is 5.75 Å². The number of rotatable bonds is 5. The number of ether oxygens (including phenoxy) is 2. The van der Waals surface area contributed by atoms with Gasteiger partial charge in [0.1, 0.15) is 11.8 Å². The Labute approximate surface area is 197 Å². The van der Waals surface area contributed by atoms with Gasteiger partial charge in [-0.1, -0.05) is 42.5 Å². The molecule has 7 nitrogen and oxygen atoms in total. The van der Waals surface area contributed by atoms with E-state index in [1.807, 2.05) is 41.3 Å². The second-order valence-electron chi connectivity index (χ2n) is 9.33. The summed E-state index contributed by atoms with van der Waals surface area (Å²) >= 11 is 0. The number of imide groups is 1. The number of Topliss-reactive ketones (excluding diaryl/α,β-unsaturated/α-hetero) is 1. The third-order valence-corrected chi connectivity index (χ3v) is 7.54. The van der Waals surface area contributed by atoms with Gasteiger partial charge in [-0.2, -0.15) is 0 Å². The van der Waals surface area contributed by atoms with E-state index in [9.17, 15) is 14.4 Å². The largest absolute Gasteiger partial charge is 0.497 e. The van der Waals surface area contributed by atoms with Gasteiger partial charge in [0.25, 0.3) is 0 Å². The molecule has 0 unspecified atom stereocenters. The molecule has 2 amide bonds. The van der Waals surface area contributed by atoms with Gasteiger partial charge in [-0.25, -0.2) is 0 Å². The van der Waals surface area contributed by atoms with Crippen LogP contribution in [0.1, 0.15) is 28.8 Å². The lowest BCUT2D eigenvalue weighted by Crippen LogP contribution is -2.49. The maximum atomic E-state index is 14.0. The summed E-state index contributed by atoms with van der Waals surface area (Å²) in [5.41, 5.74) is 2.31. The molecule has 6 rings (SSSR count). The van der Waals surface area contributed by atoms with E-state index < -0.39 is 17.9 Å². The normalized spacial score (nSPS) is 29.3. The monoisotopic (exact) mass is 458 g/mol. The number of benzene rings is 2. The van der Waals surface area contributed by atoms with Crippen molar-refractivity contribution in [1.29, 1.82) is 0 Å². The van der Waals surface area contributed by atoms with Gasteiger partial charge in [-0.15, -0.1) is 0 Å². The molecular weight excluding hydrogens is 432 g/mol. The first-order valence-electron chi connectivity index (χ1n) is 11.8. The number of hydrogen-bond donors (Lipinski definition) is 0. The molecule has 3 fully saturated rings. The molecule has 0 aliphatic carbocycles. The van der Waals surface area contributed by atoms with E-state index in [0.29, 0.717) is 17.9 Å². The Kier molecular flexibility index (Phi) is 5.03. The second kappa shape index (κ2) is 8.09. The highest BCUT2D eigenvalue weighted by Crippen LogP contribution is 2.49. The van der Waals surface area contributed by atoms with Crippen LogP contribution in [-0.2, 0) is 14.3 Å². The van der Waals surface area contributed by atoms with Crippen molar-refractivity contribution in [2.24, 2.45) is 11.8 Å². The lowest BCUT2D eigenvalue weighted by Gasteiger charge is -2.36. The Bertz CT molecular complexity index is 1200. The van der Waals surface area contributed by atoms with Crippen molar-refractivity contribution in [2.75, 3.05) is 25.2 Å². The van der Waals surface area contributed by atoms with E-state index in [2.05, 4.69) is 0 Å². The SMILES string of the molecule is COc1cccc(C(=O)[C@H]2[C@H]3C(=O)N(C[C@@H]4CCCO4)C(=O)[C@@H]3[C@H]3C=Cc4ccccc4N32)c1. The number of nitrogens with zero attached hydrogens (tertiary/aromatic N) is 2. The predicted molar refractivity (Wildman–Crippen MR) is 126 cm³/mol. The molecule has 4 aliphatic heterocycles. The third kappa shape index (κ3) is 3.10. The molecule has 3 saturated heterocycles. The van der Waals surface area contributed by atoms with Gasteiger partial charge in [0.2, 0.25) is 11.8 Å². The van der Waals surface area contributed by atoms with E-state index in [0.717, 1.165) is 24.1 Å². The predicted octanol–water partition coefficient (Wildman–Crippen LogP) is 2.94. The maximum Gasteiger partial charge on any atom is 0.235 e. The molecule has 0 spiro atoms. The smallest absolute Gasteiger partial charge is 0.235 e. The van der Waals surface area contributed by atoms with Gasteiger partial charge in [-0.05, 0) is 36.6 Å². The highest BCUT2D eigenvalue weighted by atomic mass is 16.5. The quantitative estimate of drug-likeness (QED) is 0.507. The minimum Gasteiger partial charge on any atom is -0.497 e. The van der Waals surface area contributed by atoms with E-state index in [-0.39, 0.29) is 36.3 Å². The van der Waals surface area contributed by atoms with Crippen molar-refractivity contribution in [3.05, 3.63) is 65.7 Å². The summed E-state index contributed by atoms with van der Waals surface area (Å²) in [5, 5.41) is 0. The van der Waals surface area contributed by atoms with Crippen LogP contribution in [0.15, 0.2) is 54.6 Å². The summed E-state index contributed by atoms with van der Waals surface area (Å²) in [4.78, 5) is 44.7. The summed E-state index contributed by atoms with van der Waals surface area (Å²) in [5.74, 6) is -1.42. The molecule has 4 aliphatic rings. The van der Waals surface area contributed by atoms with Gasteiger partial charge in [0.15, 0.2) is 5.78 Å². The number of likely N-dealkylation sites (tertiary alicyclic amines) is 1. The molecular formula is C27H26N2O5. The van der Waals surface area contributed by atoms with E-state index in [4.69, 9.17) is 9.47 Å². The Morgan fingerprint density at radius 3 is 2.71 bits per heavy atom. The van der Waals surface area contributed by atoms with Gasteiger partial charge >= 0.3 is 0 Å². The molecule has 2 aromatic carbocycles. The maximum absolute atomic E-state index is 14.0. The summed E-state index contributed by atoms with van der Waals surface area (Å²) in [6.45, 7) is 0.915. The average Bonchev–Trinajstić information content (AvgIpc) is 3.57. The van der Waals surface area contributed by atoms with Crippen molar-refractivity contribution in [1.82, 2.24) is 4.90 Å². The Balaban J connectivity index is 1.43. The highest BCUT2D eigenvalue weighted by molar-refractivity contribution is 6.14. The average molecular weight is 459 g/mol. The molecule has 7 heteroatoms. The first-order valence-corrected chi connectivity index (χ1v) is 11.8. The number of amides is 2. The van der Waals surface area contributed by atoms with Crippen molar-refractivity contribution in [3.63, 3.8) is 0 Å².